The maximum Gasteiger partial charge on any atom is 0.262 e. The lowest BCUT2D eigenvalue weighted by molar-refractivity contribution is -0.118. The monoisotopic (exact) mass is 351 g/mol. The number of hydrogen-bond acceptors (Lipinski definition) is 2. The molecule has 0 atom stereocenters. The van der Waals surface area contributed by atoms with E-state index in [0.717, 1.165) is 29.7 Å². The van der Waals surface area contributed by atoms with Gasteiger partial charge in [0.15, 0.2) is 12.4 Å². The van der Waals surface area contributed by atoms with Crippen molar-refractivity contribution < 1.29 is 9.53 Å². The molecule has 0 aliphatic carbocycles. The second-order valence-electron chi connectivity index (χ2n) is 5.05. The van der Waals surface area contributed by atoms with Crippen molar-refractivity contribution in [2.75, 3.05) is 11.9 Å². The Bertz CT molecular complexity index is 659. The zero-order valence-corrected chi connectivity index (χ0v) is 14.7. The lowest BCUT2D eigenvalue weighted by atomic mass is 10.0. The van der Waals surface area contributed by atoms with Crippen LogP contribution in [0.5, 0.6) is 5.75 Å². The summed E-state index contributed by atoms with van der Waals surface area (Å²) in [6, 6.07) is 11.1. The molecule has 0 fully saturated rings. The van der Waals surface area contributed by atoms with Crippen molar-refractivity contribution >= 4 is 34.8 Å². The molecule has 2 rings (SSSR count). The molecular formula is C18H19Cl2NO2. The molecule has 23 heavy (non-hydrogen) atoms. The Kier molecular flexibility index (Phi) is 6.31. The van der Waals surface area contributed by atoms with E-state index in [-0.39, 0.29) is 12.5 Å². The minimum absolute atomic E-state index is 0.148. The molecule has 3 nitrogen and oxygen atoms in total. The molecule has 0 aliphatic rings. The molecule has 0 spiro atoms. The maximum absolute atomic E-state index is 12.2. The van der Waals surface area contributed by atoms with Gasteiger partial charge in [-0.3, -0.25) is 4.79 Å². The van der Waals surface area contributed by atoms with Crippen molar-refractivity contribution in [3.8, 4) is 5.75 Å². The highest BCUT2D eigenvalue weighted by atomic mass is 35.5. The molecule has 0 saturated carbocycles. The van der Waals surface area contributed by atoms with E-state index in [1.165, 1.54) is 0 Å². The first-order chi connectivity index (χ1) is 11.1. The van der Waals surface area contributed by atoms with Gasteiger partial charge in [-0.05, 0) is 36.1 Å². The number of benzene rings is 2. The SMILES string of the molecule is CCc1cccc(CC)c1NC(=O)COc1c(Cl)cccc1Cl. The molecule has 2 aromatic carbocycles. The largest absolute Gasteiger partial charge is 0.481 e. The van der Waals surface area contributed by atoms with Crippen LogP contribution in [0.25, 0.3) is 0 Å². The molecule has 2 aromatic rings. The van der Waals surface area contributed by atoms with Crippen LogP contribution in [0.3, 0.4) is 0 Å². The predicted molar refractivity (Wildman–Crippen MR) is 95.8 cm³/mol. The van der Waals surface area contributed by atoms with Gasteiger partial charge in [0.25, 0.3) is 5.91 Å². The van der Waals surface area contributed by atoms with Gasteiger partial charge >= 0.3 is 0 Å². The Hall–Kier alpha value is -1.71. The summed E-state index contributed by atoms with van der Waals surface area (Å²) in [5, 5.41) is 3.71. The predicted octanol–water partition coefficient (Wildman–Crippen LogP) is 5.14. The van der Waals surface area contributed by atoms with Crippen LogP contribution in [-0.4, -0.2) is 12.5 Å². The summed E-state index contributed by atoms with van der Waals surface area (Å²) in [6.07, 6.45) is 1.70. The summed E-state index contributed by atoms with van der Waals surface area (Å²) in [5.41, 5.74) is 3.08. The normalized spacial score (nSPS) is 10.4. The van der Waals surface area contributed by atoms with Gasteiger partial charge in [0.1, 0.15) is 0 Å². The molecule has 122 valence electrons. The third-order valence-electron chi connectivity index (χ3n) is 3.53. The van der Waals surface area contributed by atoms with Crippen molar-refractivity contribution in [2.24, 2.45) is 0 Å². The quantitative estimate of drug-likeness (QED) is 0.782. The average Bonchev–Trinajstić information content (AvgIpc) is 2.54. The van der Waals surface area contributed by atoms with E-state index in [4.69, 9.17) is 27.9 Å². The lowest BCUT2D eigenvalue weighted by Gasteiger charge is -2.15. The Morgan fingerprint density at radius 3 is 2.04 bits per heavy atom. The number of amides is 1. The van der Waals surface area contributed by atoms with Gasteiger partial charge < -0.3 is 10.1 Å². The number of hydrogen-bond donors (Lipinski definition) is 1. The average molecular weight is 352 g/mol. The van der Waals surface area contributed by atoms with Crippen molar-refractivity contribution in [2.45, 2.75) is 26.7 Å². The van der Waals surface area contributed by atoms with E-state index >= 15 is 0 Å². The summed E-state index contributed by atoms with van der Waals surface area (Å²) in [5.74, 6) is 0.0852. The molecule has 0 saturated heterocycles. The minimum atomic E-state index is -0.239. The number of ether oxygens (including phenoxy) is 1. The van der Waals surface area contributed by atoms with Crippen LogP contribution in [0.1, 0.15) is 25.0 Å². The fraction of sp³-hybridized carbons (Fsp3) is 0.278. The van der Waals surface area contributed by atoms with Crippen LogP contribution in [0, 0.1) is 0 Å². The van der Waals surface area contributed by atoms with Crippen LogP contribution in [0.4, 0.5) is 5.69 Å². The van der Waals surface area contributed by atoms with Gasteiger partial charge in [-0.15, -0.1) is 0 Å². The molecule has 0 aliphatic heterocycles. The highest BCUT2D eigenvalue weighted by molar-refractivity contribution is 6.37. The number of para-hydroxylation sites is 2. The Labute approximate surface area is 146 Å². The summed E-state index contributed by atoms with van der Waals surface area (Å²) in [6.45, 7) is 3.97. The van der Waals surface area contributed by atoms with E-state index in [1.54, 1.807) is 18.2 Å². The number of carbonyl (C=O) groups is 1. The zero-order valence-electron chi connectivity index (χ0n) is 13.2. The van der Waals surface area contributed by atoms with Crippen LogP contribution in [0.2, 0.25) is 10.0 Å². The third-order valence-corrected chi connectivity index (χ3v) is 4.13. The van der Waals surface area contributed by atoms with Gasteiger partial charge in [0.2, 0.25) is 0 Å². The topological polar surface area (TPSA) is 38.3 Å². The molecule has 0 heterocycles. The first-order valence-corrected chi connectivity index (χ1v) is 8.29. The highest BCUT2D eigenvalue weighted by Crippen LogP contribution is 2.32. The summed E-state index contributed by atoms with van der Waals surface area (Å²) < 4.78 is 5.47. The van der Waals surface area contributed by atoms with Gasteiger partial charge in [-0.25, -0.2) is 0 Å². The van der Waals surface area contributed by atoms with E-state index in [2.05, 4.69) is 19.2 Å². The van der Waals surface area contributed by atoms with E-state index in [9.17, 15) is 4.79 Å². The minimum Gasteiger partial charge on any atom is -0.481 e. The van der Waals surface area contributed by atoms with E-state index in [0.29, 0.717) is 15.8 Å². The van der Waals surface area contributed by atoms with Gasteiger partial charge in [0.05, 0.1) is 10.0 Å². The van der Waals surface area contributed by atoms with Crippen molar-refractivity contribution in [3.05, 3.63) is 57.6 Å². The van der Waals surface area contributed by atoms with Crippen LogP contribution >= 0.6 is 23.2 Å². The molecule has 1 amide bonds. The first-order valence-electron chi connectivity index (χ1n) is 7.54. The van der Waals surface area contributed by atoms with Gasteiger partial charge in [-0.2, -0.15) is 0 Å². The fourth-order valence-electron chi connectivity index (χ4n) is 2.34. The summed E-state index contributed by atoms with van der Waals surface area (Å²) in [4.78, 5) is 12.2. The second-order valence-corrected chi connectivity index (χ2v) is 5.86. The number of anilines is 1. The van der Waals surface area contributed by atoms with Crippen molar-refractivity contribution in [1.29, 1.82) is 0 Å². The van der Waals surface area contributed by atoms with Crippen molar-refractivity contribution in [1.82, 2.24) is 0 Å². The number of halogens is 2. The molecule has 0 radical (unpaired) electrons. The van der Waals surface area contributed by atoms with Gasteiger partial charge in [0, 0.05) is 5.69 Å². The third kappa shape index (κ3) is 4.40. The second kappa shape index (κ2) is 8.23. The molecule has 5 heteroatoms. The van der Waals surface area contributed by atoms with Crippen LogP contribution in [-0.2, 0) is 17.6 Å². The van der Waals surface area contributed by atoms with E-state index < -0.39 is 0 Å². The smallest absolute Gasteiger partial charge is 0.262 e. The highest BCUT2D eigenvalue weighted by Gasteiger charge is 2.12. The zero-order chi connectivity index (χ0) is 16.8. The number of carbonyl (C=O) groups excluding carboxylic acids is 1. The van der Waals surface area contributed by atoms with E-state index in [1.807, 2.05) is 18.2 Å². The van der Waals surface area contributed by atoms with Gasteiger partial charge in [-0.1, -0.05) is 61.3 Å². The number of nitrogens with one attached hydrogen (secondary N) is 1. The Balaban J connectivity index is 2.09. The lowest BCUT2D eigenvalue weighted by Crippen LogP contribution is -2.22. The summed E-state index contributed by atoms with van der Waals surface area (Å²) in [7, 11) is 0. The Morgan fingerprint density at radius 2 is 1.52 bits per heavy atom. The number of rotatable bonds is 6. The Morgan fingerprint density at radius 1 is 1.00 bits per heavy atom. The fourth-order valence-corrected chi connectivity index (χ4v) is 2.84. The molecule has 0 bridgehead atoms. The molecule has 0 aromatic heterocycles. The van der Waals surface area contributed by atoms with Crippen molar-refractivity contribution in [3.63, 3.8) is 0 Å². The molecule has 1 N–H and O–H groups in total. The van der Waals surface area contributed by atoms with Crippen LogP contribution < -0.4 is 10.1 Å². The van der Waals surface area contributed by atoms with Crippen LogP contribution in [0.15, 0.2) is 36.4 Å². The summed E-state index contributed by atoms with van der Waals surface area (Å²) >= 11 is 12.1. The molecular weight excluding hydrogens is 333 g/mol. The first kappa shape index (κ1) is 17.6. The number of aryl methyl sites for hydroxylation is 2. The maximum atomic E-state index is 12.2. The molecule has 0 unspecified atom stereocenters. The standard InChI is InChI=1S/C18H19Cl2NO2/c1-3-12-7-5-8-13(4-2)17(12)21-16(22)11-23-18-14(19)9-6-10-15(18)20/h5-10H,3-4,11H2,1-2H3,(H,21,22).